The molecule has 1 saturated heterocycles. The number of carbonyl (C=O) groups is 2. The van der Waals surface area contributed by atoms with Crippen molar-refractivity contribution in [3.8, 4) is 27.8 Å². The van der Waals surface area contributed by atoms with Crippen molar-refractivity contribution < 1.29 is 24.2 Å². The minimum atomic E-state index is -1.43. The van der Waals surface area contributed by atoms with Gasteiger partial charge in [0.25, 0.3) is 5.56 Å². The lowest BCUT2D eigenvalue weighted by Crippen LogP contribution is -2.49. The first-order valence-electron chi connectivity index (χ1n) is 20.4. The lowest BCUT2D eigenvalue weighted by Gasteiger charge is -2.47. The minimum Gasteiger partial charge on any atom is -0.508 e. The molecule has 1 saturated carbocycles. The number of imide groups is 1. The number of anilines is 1. The number of allylic oxidation sites excluding steroid dienone is 2. The maximum absolute atomic E-state index is 15.2. The highest BCUT2D eigenvalue weighted by molar-refractivity contribution is 9.10. The largest absolute Gasteiger partial charge is 0.508 e. The third kappa shape index (κ3) is 5.94. The Labute approximate surface area is 381 Å². The fraction of sp³-hybridized carbons (Fsp3) is 0.311. The lowest BCUT2D eigenvalue weighted by molar-refractivity contribution is -0.129. The smallest absolute Gasteiger partial charge is 0.347 e. The van der Waals surface area contributed by atoms with Gasteiger partial charge in [-0.05, 0) is 73.2 Å². The van der Waals surface area contributed by atoms with E-state index in [1.54, 1.807) is 51.4 Å². The third-order valence-corrected chi connectivity index (χ3v) is 15.4. The van der Waals surface area contributed by atoms with Crippen molar-refractivity contribution >= 4 is 77.6 Å². The molecule has 3 aromatic carbocycles. The number of aromatic hydroxyl groups is 1. The number of nitrogens with zero attached hydrogens (tertiary/aromatic N) is 8. The summed E-state index contributed by atoms with van der Waals surface area (Å²) < 4.78 is 19.2. The SMILES string of the molecule is COc1cc2nc(CCn3c(=O)n4n(c3=O)[C@@H]3C[C@H]5C(=O)N(c6cc(-c7sc8ccc(Cl)cc8c7C)nn6C)C(=O)[C@@]5(C)[C@@H](c5cc(Br)ccc5O)C3=CC4)c(=O)n(C)c2cc1OC. The summed E-state index contributed by atoms with van der Waals surface area (Å²) in [6.07, 6.45) is 1.79. The van der Waals surface area contributed by atoms with E-state index in [-0.39, 0.29) is 43.2 Å². The maximum Gasteiger partial charge on any atom is 0.347 e. The molecular formula is C45H40BrClN8O8S. The maximum atomic E-state index is 15.2. The van der Waals surface area contributed by atoms with Crippen molar-refractivity contribution in [2.24, 2.45) is 25.4 Å². The van der Waals surface area contributed by atoms with E-state index >= 15 is 9.59 Å². The molecular weight excluding hydrogens is 928 g/mol. The Morgan fingerprint density at radius 3 is 2.48 bits per heavy atom. The summed E-state index contributed by atoms with van der Waals surface area (Å²) in [5.74, 6) is -1.81. The number of hydrogen-bond donors (Lipinski definition) is 1. The second kappa shape index (κ2) is 14.9. The highest BCUT2D eigenvalue weighted by Crippen LogP contribution is 2.62. The highest BCUT2D eigenvalue weighted by atomic mass is 79.9. The Hall–Kier alpha value is -6.24. The van der Waals surface area contributed by atoms with Crippen LogP contribution in [0.3, 0.4) is 0 Å². The molecule has 7 aromatic rings. The number of aryl methyl sites for hydroxylation is 4. The van der Waals surface area contributed by atoms with Crippen molar-refractivity contribution in [3.63, 3.8) is 0 Å². The van der Waals surface area contributed by atoms with Gasteiger partial charge in [0.05, 0.1) is 54.0 Å². The van der Waals surface area contributed by atoms with Crippen LogP contribution in [-0.4, -0.2) is 64.4 Å². The number of phenols is 1. The van der Waals surface area contributed by atoms with E-state index in [4.69, 9.17) is 26.2 Å². The van der Waals surface area contributed by atoms with Gasteiger partial charge in [-0.3, -0.25) is 19.1 Å². The van der Waals surface area contributed by atoms with Gasteiger partial charge >= 0.3 is 11.4 Å². The Balaban J connectivity index is 1.05. The van der Waals surface area contributed by atoms with Gasteiger partial charge < -0.3 is 19.1 Å². The Morgan fingerprint density at radius 2 is 1.73 bits per heavy atom. The summed E-state index contributed by atoms with van der Waals surface area (Å²) >= 11 is 11.4. The molecule has 0 unspecified atom stereocenters. The fourth-order valence-electron chi connectivity index (χ4n) is 10.1. The molecule has 2 aliphatic heterocycles. The van der Waals surface area contributed by atoms with Crippen LogP contribution in [0.15, 0.2) is 85.1 Å². The normalized spacial score (nSPS) is 20.5. The number of halogens is 2. The molecule has 10 rings (SSSR count). The van der Waals surface area contributed by atoms with E-state index < -0.39 is 52.0 Å². The van der Waals surface area contributed by atoms with Gasteiger partial charge in [0.1, 0.15) is 23.0 Å². The van der Waals surface area contributed by atoms with Crippen LogP contribution >= 0.6 is 38.9 Å². The Morgan fingerprint density at radius 1 is 0.984 bits per heavy atom. The van der Waals surface area contributed by atoms with Crippen LogP contribution in [0.2, 0.25) is 5.02 Å². The summed E-state index contributed by atoms with van der Waals surface area (Å²) in [5, 5.41) is 17.9. The van der Waals surface area contributed by atoms with Crippen LogP contribution in [0.1, 0.15) is 42.1 Å². The monoisotopic (exact) mass is 966 g/mol. The quantitative estimate of drug-likeness (QED) is 0.136. The summed E-state index contributed by atoms with van der Waals surface area (Å²) in [7, 11) is 6.28. The zero-order chi connectivity index (χ0) is 45.3. The molecule has 19 heteroatoms. The molecule has 2 amide bonds. The molecule has 6 heterocycles. The molecule has 328 valence electrons. The molecule has 16 nitrogen and oxygen atoms in total. The molecule has 4 atom stereocenters. The molecule has 2 fully saturated rings. The van der Waals surface area contributed by atoms with Crippen molar-refractivity contribution in [2.45, 2.75) is 51.7 Å². The van der Waals surface area contributed by atoms with Crippen LogP contribution in [0.25, 0.3) is 31.7 Å². The number of carbonyl (C=O) groups excluding carboxylic acids is 2. The highest BCUT2D eigenvalue weighted by Gasteiger charge is 2.66. The van der Waals surface area contributed by atoms with Crippen molar-refractivity contribution in [1.29, 1.82) is 0 Å². The standard InChI is InChI=1S/C45H40BrClN8O8S/c1-21-25-16-23(47)8-10-36(25)64-39(21)30-19-37(51(4)49-30)54-40(57)27-17-31-24(38(45(27,2)42(54)59)26-15-22(46)7-9-33(26)56)11-14-53-43(60)52(44(61)55(31)53)13-12-28-41(58)50(3)32-20-35(63-6)34(62-5)18-29(32)48-28/h7-11,15-16,18-20,27,31,38,56H,12-14,17H2,1-6H3/t27-,31+,38+,45+/m0/s1. The average molecular weight is 968 g/mol. The fourth-order valence-corrected chi connectivity index (χ4v) is 11.8. The van der Waals surface area contributed by atoms with Gasteiger partial charge in [-0.1, -0.05) is 33.6 Å². The molecule has 1 N–H and O–H groups in total. The summed E-state index contributed by atoms with van der Waals surface area (Å²) in [6.45, 7) is 3.55. The van der Waals surface area contributed by atoms with Gasteiger partial charge in [-0.15, -0.1) is 11.3 Å². The first-order chi connectivity index (χ1) is 30.6. The molecule has 3 aliphatic rings. The van der Waals surface area contributed by atoms with E-state index in [2.05, 4.69) is 20.9 Å². The van der Waals surface area contributed by atoms with E-state index in [1.165, 1.54) is 55.1 Å². The number of benzene rings is 3. The zero-order valence-electron chi connectivity index (χ0n) is 35.4. The molecule has 0 bridgehead atoms. The van der Waals surface area contributed by atoms with E-state index in [1.807, 2.05) is 31.2 Å². The van der Waals surface area contributed by atoms with Crippen LogP contribution in [0, 0.1) is 18.3 Å². The van der Waals surface area contributed by atoms with Gasteiger partial charge in [0, 0.05) is 70.9 Å². The van der Waals surface area contributed by atoms with E-state index in [0.29, 0.717) is 48.9 Å². The number of ether oxygens (including phenoxy) is 2. The number of fused-ring (bicyclic) bond motifs is 6. The lowest BCUT2D eigenvalue weighted by atomic mass is 9.56. The Kier molecular flexibility index (Phi) is 9.73. The first-order valence-corrected chi connectivity index (χ1v) is 22.4. The van der Waals surface area contributed by atoms with Crippen molar-refractivity contribution in [3.05, 3.63) is 124 Å². The number of hydrogen-bond acceptors (Lipinski definition) is 11. The predicted molar refractivity (Wildman–Crippen MR) is 245 cm³/mol. The number of thiophene rings is 1. The zero-order valence-corrected chi connectivity index (χ0v) is 38.5. The Bertz CT molecular complexity index is 3420. The van der Waals surface area contributed by atoms with Crippen LogP contribution in [-0.2, 0) is 43.2 Å². The minimum absolute atomic E-state index is 0.0109. The predicted octanol–water partition coefficient (Wildman–Crippen LogP) is 6.23. The first kappa shape index (κ1) is 41.8. The second-order valence-corrected chi connectivity index (χ2v) is 19.0. The van der Waals surface area contributed by atoms with Gasteiger partial charge in [-0.2, -0.15) is 5.10 Å². The van der Waals surface area contributed by atoms with Gasteiger partial charge in [0.2, 0.25) is 11.8 Å². The average Bonchev–Trinajstić information content (AvgIpc) is 3.95. The van der Waals surface area contributed by atoms with Crippen LogP contribution in [0.5, 0.6) is 17.2 Å². The topological polar surface area (TPSA) is 178 Å². The van der Waals surface area contributed by atoms with Gasteiger partial charge in [0.15, 0.2) is 11.5 Å². The van der Waals surface area contributed by atoms with E-state index in [9.17, 15) is 19.5 Å². The summed E-state index contributed by atoms with van der Waals surface area (Å²) in [5.41, 5.74) is 0.592. The van der Waals surface area contributed by atoms with Crippen molar-refractivity contribution in [2.75, 3.05) is 19.1 Å². The number of amides is 2. The number of phenolic OH excluding ortho intramolecular Hbond substituents is 1. The van der Waals surface area contributed by atoms with Crippen LogP contribution in [0.4, 0.5) is 5.82 Å². The number of aromatic nitrogens is 7. The summed E-state index contributed by atoms with van der Waals surface area (Å²) in [4.78, 5) is 79.2. The van der Waals surface area contributed by atoms with Crippen LogP contribution < -0.4 is 31.3 Å². The molecule has 1 aliphatic carbocycles. The number of methoxy groups -OCH3 is 2. The second-order valence-electron chi connectivity index (χ2n) is 16.6. The molecule has 0 radical (unpaired) electrons. The third-order valence-electron chi connectivity index (χ3n) is 13.4. The van der Waals surface area contributed by atoms with Gasteiger partial charge in [-0.25, -0.2) is 33.4 Å². The number of rotatable bonds is 8. The molecule has 0 spiro atoms. The summed E-state index contributed by atoms with van der Waals surface area (Å²) in [6, 6.07) is 14.8. The van der Waals surface area contributed by atoms with Crippen molar-refractivity contribution in [1.82, 2.24) is 33.3 Å². The molecule has 64 heavy (non-hydrogen) atoms. The van der Waals surface area contributed by atoms with E-state index in [0.717, 1.165) is 25.1 Å². The molecule has 4 aromatic heterocycles.